The number of aryl methyl sites for hydroxylation is 1. The predicted molar refractivity (Wildman–Crippen MR) is 90.6 cm³/mol. The first-order chi connectivity index (χ1) is 11.5. The Bertz CT molecular complexity index is 700. The van der Waals surface area contributed by atoms with Crippen molar-refractivity contribution in [1.29, 1.82) is 0 Å². The van der Waals surface area contributed by atoms with Gasteiger partial charge in [0.25, 0.3) is 5.91 Å². The Morgan fingerprint density at radius 2 is 1.71 bits per heavy atom. The van der Waals surface area contributed by atoms with Gasteiger partial charge in [-0.1, -0.05) is 54.6 Å². The summed E-state index contributed by atoms with van der Waals surface area (Å²) < 4.78 is 5.25. The predicted octanol–water partition coefficient (Wildman–Crippen LogP) is 2.49. The molecule has 0 aromatic heterocycles. The van der Waals surface area contributed by atoms with Crippen LogP contribution in [0.3, 0.4) is 0 Å². The van der Waals surface area contributed by atoms with Gasteiger partial charge in [0.15, 0.2) is 6.10 Å². The molecule has 2 aromatic carbocycles. The lowest BCUT2D eigenvalue weighted by Crippen LogP contribution is -2.44. The van der Waals surface area contributed by atoms with Gasteiger partial charge >= 0.3 is 5.97 Å². The van der Waals surface area contributed by atoms with Crippen LogP contribution in [0.25, 0.3) is 0 Å². The summed E-state index contributed by atoms with van der Waals surface area (Å²) in [5.74, 6) is -1.54. The van der Waals surface area contributed by atoms with Crippen LogP contribution in [0.5, 0.6) is 0 Å². The lowest BCUT2D eigenvalue weighted by atomic mass is 10.0. The molecule has 0 aliphatic heterocycles. The van der Waals surface area contributed by atoms with Gasteiger partial charge in [0.2, 0.25) is 0 Å². The fourth-order valence-electron chi connectivity index (χ4n) is 2.53. The largest absolute Gasteiger partial charge is 0.480 e. The Balaban J connectivity index is 2.13. The average molecular weight is 327 g/mol. The molecule has 0 saturated carbocycles. The molecule has 0 aliphatic carbocycles. The van der Waals surface area contributed by atoms with Gasteiger partial charge in [-0.3, -0.25) is 4.79 Å². The molecule has 0 saturated heterocycles. The van der Waals surface area contributed by atoms with Crippen LogP contribution in [0.15, 0.2) is 54.6 Å². The standard InChI is InChI=1S/C19H21NO4/c1-13-8-6-7-11-15(13)12-16(19(22)23)20-18(21)17(24-2)14-9-4-3-5-10-14/h3-11,16-17H,12H2,1-2H3,(H,20,21)(H,22,23)/t16-,17-/m1/s1. The van der Waals surface area contributed by atoms with E-state index in [0.717, 1.165) is 11.1 Å². The quantitative estimate of drug-likeness (QED) is 0.819. The topological polar surface area (TPSA) is 75.6 Å². The van der Waals surface area contributed by atoms with E-state index in [9.17, 15) is 14.7 Å². The zero-order chi connectivity index (χ0) is 17.5. The number of methoxy groups -OCH3 is 1. The van der Waals surface area contributed by atoms with E-state index >= 15 is 0 Å². The first-order valence-electron chi connectivity index (χ1n) is 7.68. The van der Waals surface area contributed by atoms with Gasteiger partial charge in [0.05, 0.1) is 0 Å². The van der Waals surface area contributed by atoms with Crippen molar-refractivity contribution in [1.82, 2.24) is 5.32 Å². The van der Waals surface area contributed by atoms with Crippen LogP contribution in [0, 0.1) is 6.92 Å². The van der Waals surface area contributed by atoms with Crippen LogP contribution in [-0.4, -0.2) is 30.1 Å². The average Bonchev–Trinajstić information content (AvgIpc) is 2.57. The minimum absolute atomic E-state index is 0.221. The fourth-order valence-corrected chi connectivity index (χ4v) is 2.53. The number of aliphatic carboxylic acids is 1. The Morgan fingerprint density at radius 1 is 1.08 bits per heavy atom. The number of carbonyl (C=O) groups is 2. The van der Waals surface area contributed by atoms with E-state index < -0.39 is 24.0 Å². The lowest BCUT2D eigenvalue weighted by molar-refractivity contribution is -0.144. The Morgan fingerprint density at radius 3 is 2.29 bits per heavy atom. The summed E-state index contributed by atoms with van der Waals surface area (Å²) in [5.41, 5.74) is 2.56. The molecule has 5 nitrogen and oxygen atoms in total. The molecule has 0 radical (unpaired) electrons. The highest BCUT2D eigenvalue weighted by atomic mass is 16.5. The summed E-state index contributed by atoms with van der Waals surface area (Å²) >= 11 is 0. The Labute approximate surface area is 141 Å². The second-order valence-corrected chi connectivity index (χ2v) is 5.56. The van der Waals surface area contributed by atoms with E-state index in [1.165, 1.54) is 7.11 Å². The first kappa shape index (κ1) is 17.7. The Kier molecular flexibility index (Phi) is 6.09. The maximum absolute atomic E-state index is 12.5. The number of nitrogens with one attached hydrogen (secondary N) is 1. The number of carboxylic acid groups (broad SMARTS) is 1. The number of ether oxygens (including phenoxy) is 1. The van der Waals surface area contributed by atoms with Gasteiger partial charge in [-0.15, -0.1) is 0 Å². The number of rotatable bonds is 7. The second-order valence-electron chi connectivity index (χ2n) is 5.56. The second kappa shape index (κ2) is 8.26. The van der Waals surface area contributed by atoms with Crippen LogP contribution in [-0.2, 0) is 20.7 Å². The van der Waals surface area contributed by atoms with Crippen LogP contribution in [0.4, 0.5) is 0 Å². The van der Waals surface area contributed by atoms with E-state index in [2.05, 4.69) is 5.32 Å². The monoisotopic (exact) mass is 327 g/mol. The summed E-state index contributed by atoms with van der Waals surface area (Å²) in [6.07, 6.45) is -0.621. The number of carboxylic acids is 1. The fraction of sp³-hybridized carbons (Fsp3) is 0.263. The molecule has 0 aliphatic rings. The van der Waals surface area contributed by atoms with Gasteiger partial charge in [-0.25, -0.2) is 4.79 Å². The molecule has 2 N–H and O–H groups in total. The third-order valence-corrected chi connectivity index (χ3v) is 3.88. The van der Waals surface area contributed by atoms with Gasteiger partial charge in [0, 0.05) is 13.5 Å². The van der Waals surface area contributed by atoms with Crippen LogP contribution in [0.2, 0.25) is 0 Å². The highest BCUT2D eigenvalue weighted by molar-refractivity contribution is 5.87. The Hall–Kier alpha value is -2.66. The van der Waals surface area contributed by atoms with Crippen molar-refractivity contribution >= 4 is 11.9 Å². The maximum atomic E-state index is 12.5. The highest BCUT2D eigenvalue weighted by Crippen LogP contribution is 2.17. The van der Waals surface area contributed by atoms with Gasteiger partial charge < -0.3 is 15.2 Å². The molecule has 1 amide bonds. The van der Waals surface area contributed by atoms with Crippen molar-refractivity contribution in [2.75, 3.05) is 7.11 Å². The number of benzene rings is 2. The molecule has 0 spiro atoms. The zero-order valence-electron chi connectivity index (χ0n) is 13.7. The summed E-state index contributed by atoms with van der Waals surface area (Å²) in [6.45, 7) is 1.91. The van der Waals surface area contributed by atoms with Crippen molar-refractivity contribution in [2.45, 2.75) is 25.5 Å². The zero-order valence-corrected chi connectivity index (χ0v) is 13.7. The van der Waals surface area contributed by atoms with Crippen molar-refractivity contribution in [2.24, 2.45) is 0 Å². The number of hydrogen-bond acceptors (Lipinski definition) is 3. The normalized spacial score (nSPS) is 13.1. The van der Waals surface area contributed by atoms with Crippen LogP contribution >= 0.6 is 0 Å². The maximum Gasteiger partial charge on any atom is 0.326 e. The molecule has 126 valence electrons. The van der Waals surface area contributed by atoms with Crippen molar-refractivity contribution < 1.29 is 19.4 Å². The molecule has 5 heteroatoms. The van der Waals surface area contributed by atoms with Crippen molar-refractivity contribution in [3.63, 3.8) is 0 Å². The van der Waals surface area contributed by atoms with E-state index in [1.807, 2.05) is 37.3 Å². The van der Waals surface area contributed by atoms with Crippen molar-refractivity contribution in [3.8, 4) is 0 Å². The molecule has 2 aromatic rings. The molecule has 0 heterocycles. The third kappa shape index (κ3) is 4.43. The number of hydrogen-bond donors (Lipinski definition) is 2. The molecule has 0 bridgehead atoms. The summed E-state index contributed by atoms with van der Waals surface area (Å²) in [5, 5.41) is 12.0. The molecular weight excluding hydrogens is 306 g/mol. The number of amides is 1. The van der Waals surface area contributed by atoms with E-state index in [1.54, 1.807) is 24.3 Å². The molecule has 24 heavy (non-hydrogen) atoms. The SMILES string of the molecule is CO[C@@H](C(=O)N[C@H](Cc1ccccc1C)C(=O)O)c1ccccc1. The molecule has 2 rings (SSSR count). The van der Waals surface area contributed by atoms with Gasteiger partial charge in [-0.2, -0.15) is 0 Å². The summed E-state index contributed by atoms with van der Waals surface area (Å²) in [7, 11) is 1.42. The van der Waals surface area contributed by atoms with Crippen LogP contribution in [0.1, 0.15) is 22.8 Å². The summed E-state index contributed by atoms with van der Waals surface area (Å²) in [4.78, 5) is 24.0. The molecule has 0 unspecified atom stereocenters. The van der Waals surface area contributed by atoms with Crippen molar-refractivity contribution in [3.05, 3.63) is 71.3 Å². The first-order valence-corrected chi connectivity index (χ1v) is 7.68. The molecule has 0 fully saturated rings. The van der Waals surface area contributed by atoms with E-state index in [-0.39, 0.29) is 6.42 Å². The third-order valence-electron chi connectivity index (χ3n) is 3.88. The highest BCUT2D eigenvalue weighted by Gasteiger charge is 2.26. The van der Waals surface area contributed by atoms with Crippen LogP contribution < -0.4 is 5.32 Å². The van der Waals surface area contributed by atoms with E-state index in [0.29, 0.717) is 5.56 Å². The smallest absolute Gasteiger partial charge is 0.326 e. The lowest BCUT2D eigenvalue weighted by Gasteiger charge is -2.20. The van der Waals surface area contributed by atoms with Gasteiger partial charge in [-0.05, 0) is 23.6 Å². The van der Waals surface area contributed by atoms with Gasteiger partial charge in [0.1, 0.15) is 6.04 Å². The molecule has 2 atom stereocenters. The molecular formula is C19H21NO4. The number of carbonyl (C=O) groups excluding carboxylic acids is 1. The summed E-state index contributed by atoms with van der Waals surface area (Å²) in [6, 6.07) is 15.5. The minimum Gasteiger partial charge on any atom is -0.480 e. The minimum atomic E-state index is -1.07. The van der Waals surface area contributed by atoms with E-state index in [4.69, 9.17) is 4.74 Å².